The number of hydrogen-bond donors (Lipinski definition) is 0. The highest BCUT2D eigenvalue weighted by atomic mass is 32.2. The Morgan fingerprint density at radius 1 is 1.00 bits per heavy atom. The number of carbonyl (C=O) groups excluding carboxylic acids is 1. The number of esters is 1. The van der Waals surface area contributed by atoms with Crippen LogP contribution in [0.5, 0.6) is 5.75 Å². The lowest BCUT2D eigenvalue weighted by molar-refractivity contribution is -0.137. The monoisotopic (exact) mass is 458 g/mol. The van der Waals surface area contributed by atoms with E-state index < -0.39 is 27.9 Å². The molecule has 1 heterocycles. The molecule has 168 valence electrons. The molecule has 1 fully saturated rings. The average molecular weight is 458 g/mol. The lowest BCUT2D eigenvalue weighted by atomic mass is 10.1. The highest BCUT2D eigenvalue weighted by Gasteiger charge is 2.37. The molecule has 3 rings (SSSR count). The molecule has 0 N–H and O–H groups in total. The summed E-state index contributed by atoms with van der Waals surface area (Å²) in [5, 5.41) is 0. The number of ether oxygens (including phenoxy) is 2. The third kappa shape index (κ3) is 5.00. The lowest BCUT2D eigenvalue weighted by Gasteiger charge is -2.20. The first-order chi connectivity index (χ1) is 14.6. The van der Waals surface area contributed by atoms with Crippen LogP contribution in [-0.4, -0.2) is 50.3 Å². The molecule has 0 bridgehead atoms. The molecule has 0 radical (unpaired) electrons. The van der Waals surface area contributed by atoms with E-state index in [9.17, 15) is 26.4 Å². The van der Waals surface area contributed by atoms with E-state index in [1.807, 2.05) is 0 Å². The van der Waals surface area contributed by atoms with Crippen molar-refractivity contribution in [1.29, 1.82) is 0 Å². The molecule has 0 saturated carbocycles. The van der Waals surface area contributed by atoms with Crippen LogP contribution in [0.1, 0.15) is 27.0 Å². The second-order valence-corrected chi connectivity index (χ2v) is 8.81. The van der Waals surface area contributed by atoms with Gasteiger partial charge in [-0.1, -0.05) is 18.2 Å². The predicted octanol–water partition coefficient (Wildman–Crippen LogP) is 3.06. The first kappa shape index (κ1) is 23.0. The van der Waals surface area contributed by atoms with Crippen LogP contribution in [0.4, 0.5) is 13.2 Å². The summed E-state index contributed by atoms with van der Waals surface area (Å²) in [4.78, 5) is 12.1. The van der Waals surface area contributed by atoms with Gasteiger partial charge < -0.3 is 9.47 Å². The van der Waals surface area contributed by atoms with Crippen molar-refractivity contribution in [2.45, 2.75) is 19.3 Å². The number of nitrogens with zero attached hydrogens (tertiary/aromatic N) is 2. The minimum atomic E-state index is -4.45. The molecule has 11 heteroatoms. The summed E-state index contributed by atoms with van der Waals surface area (Å²) in [5.74, 6) is -0.190. The molecule has 2 aromatic carbocycles. The molecule has 0 atom stereocenters. The van der Waals surface area contributed by atoms with Crippen molar-refractivity contribution in [1.82, 2.24) is 8.61 Å². The normalized spacial score (nSPS) is 16.9. The van der Waals surface area contributed by atoms with Gasteiger partial charge in [0.15, 0.2) is 0 Å². The number of carbonyl (C=O) groups is 1. The van der Waals surface area contributed by atoms with Gasteiger partial charge in [-0.05, 0) is 35.4 Å². The van der Waals surface area contributed by atoms with Gasteiger partial charge in [0.1, 0.15) is 5.75 Å². The fourth-order valence-electron chi connectivity index (χ4n) is 3.25. The SMILES string of the molecule is COC(=O)c1cc(OC)ccc1CN1CCN(Cc2ccc(C(F)(F)F)cc2)S1(=O)=O. The van der Waals surface area contributed by atoms with Gasteiger partial charge in [0.05, 0.1) is 25.3 Å². The molecular formula is C20H21F3N2O5S. The van der Waals surface area contributed by atoms with E-state index >= 15 is 0 Å². The number of halogens is 3. The van der Waals surface area contributed by atoms with Gasteiger partial charge in [0.2, 0.25) is 0 Å². The van der Waals surface area contributed by atoms with Crippen molar-refractivity contribution in [3.8, 4) is 5.75 Å². The van der Waals surface area contributed by atoms with Crippen molar-refractivity contribution in [2.24, 2.45) is 0 Å². The fraction of sp³-hybridized carbons (Fsp3) is 0.350. The van der Waals surface area contributed by atoms with Crippen LogP contribution in [0.25, 0.3) is 0 Å². The van der Waals surface area contributed by atoms with Gasteiger partial charge in [-0.2, -0.15) is 30.2 Å². The first-order valence-corrected chi connectivity index (χ1v) is 10.6. The van der Waals surface area contributed by atoms with Gasteiger partial charge in [0.25, 0.3) is 10.2 Å². The summed E-state index contributed by atoms with van der Waals surface area (Å²) < 4.78 is 76.3. The first-order valence-electron chi connectivity index (χ1n) is 9.23. The van der Waals surface area contributed by atoms with Crippen molar-refractivity contribution < 1.29 is 35.9 Å². The topological polar surface area (TPSA) is 76.2 Å². The van der Waals surface area contributed by atoms with Crippen LogP contribution in [0.15, 0.2) is 42.5 Å². The Hall–Kier alpha value is -2.63. The van der Waals surface area contributed by atoms with Gasteiger partial charge >= 0.3 is 12.1 Å². The van der Waals surface area contributed by atoms with E-state index in [0.29, 0.717) is 16.9 Å². The van der Waals surface area contributed by atoms with E-state index in [1.165, 1.54) is 41.0 Å². The standard InChI is InChI=1S/C20H21F3N2O5S/c1-29-17-8-5-15(18(11-17)19(26)30-2)13-25-10-9-24(31(25,27)28)12-14-3-6-16(7-4-14)20(21,22)23/h3-8,11H,9-10,12-13H2,1-2H3. The predicted molar refractivity (Wildman–Crippen MR) is 106 cm³/mol. The Morgan fingerprint density at radius 2 is 1.61 bits per heavy atom. The van der Waals surface area contributed by atoms with Crippen molar-refractivity contribution in [3.05, 3.63) is 64.7 Å². The maximum absolute atomic E-state index is 12.9. The molecule has 0 aliphatic carbocycles. The maximum Gasteiger partial charge on any atom is 0.416 e. The number of benzene rings is 2. The molecule has 0 spiro atoms. The van der Waals surface area contributed by atoms with Gasteiger partial charge in [0, 0.05) is 26.2 Å². The van der Waals surface area contributed by atoms with Crippen molar-refractivity contribution in [2.75, 3.05) is 27.3 Å². The Morgan fingerprint density at radius 3 is 2.16 bits per heavy atom. The summed E-state index contributed by atoms with van der Waals surface area (Å²) in [6.07, 6.45) is -4.45. The summed E-state index contributed by atoms with van der Waals surface area (Å²) in [5.41, 5.74) is 0.293. The van der Waals surface area contributed by atoms with E-state index in [2.05, 4.69) is 0 Å². The highest BCUT2D eigenvalue weighted by molar-refractivity contribution is 7.86. The summed E-state index contributed by atoms with van der Waals surface area (Å²) in [6.45, 7) is 0.242. The van der Waals surface area contributed by atoms with E-state index in [1.54, 1.807) is 12.1 Å². The van der Waals surface area contributed by atoms with Gasteiger partial charge in [-0.25, -0.2) is 4.79 Å². The minimum absolute atomic E-state index is 0.0521. The summed E-state index contributed by atoms with van der Waals surface area (Å²) in [7, 11) is -1.20. The molecule has 7 nitrogen and oxygen atoms in total. The van der Waals surface area contributed by atoms with E-state index in [-0.39, 0.29) is 31.7 Å². The minimum Gasteiger partial charge on any atom is -0.497 e. The van der Waals surface area contributed by atoms with E-state index in [4.69, 9.17) is 9.47 Å². The smallest absolute Gasteiger partial charge is 0.416 e. The molecule has 0 amide bonds. The second kappa shape index (κ2) is 8.85. The zero-order chi connectivity index (χ0) is 22.8. The zero-order valence-electron chi connectivity index (χ0n) is 16.8. The van der Waals surface area contributed by atoms with Gasteiger partial charge in [-0.3, -0.25) is 0 Å². The van der Waals surface area contributed by atoms with Crippen LogP contribution in [0.2, 0.25) is 0 Å². The lowest BCUT2D eigenvalue weighted by Crippen LogP contribution is -2.33. The number of methoxy groups -OCH3 is 2. The Balaban J connectivity index is 1.77. The Labute approximate surface area is 178 Å². The molecule has 0 aromatic heterocycles. The zero-order valence-corrected chi connectivity index (χ0v) is 17.7. The quantitative estimate of drug-likeness (QED) is 0.622. The number of alkyl halides is 3. The van der Waals surface area contributed by atoms with Crippen molar-refractivity contribution in [3.63, 3.8) is 0 Å². The largest absolute Gasteiger partial charge is 0.497 e. The second-order valence-electron chi connectivity index (χ2n) is 6.88. The molecule has 1 aliphatic rings. The number of rotatable bonds is 6. The van der Waals surface area contributed by atoms with Crippen LogP contribution in [0.3, 0.4) is 0 Å². The molecule has 0 unspecified atom stereocenters. The number of hydrogen-bond acceptors (Lipinski definition) is 5. The summed E-state index contributed by atoms with van der Waals surface area (Å²) in [6, 6.07) is 9.07. The fourth-order valence-corrected chi connectivity index (χ4v) is 4.82. The third-order valence-corrected chi connectivity index (χ3v) is 6.89. The molecule has 1 aliphatic heterocycles. The molecule has 2 aromatic rings. The highest BCUT2D eigenvalue weighted by Crippen LogP contribution is 2.30. The van der Waals surface area contributed by atoms with Crippen LogP contribution >= 0.6 is 0 Å². The van der Waals surface area contributed by atoms with Gasteiger partial charge in [-0.15, -0.1) is 0 Å². The Bertz CT molecular complexity index is 1060. The van der Waals surface area contributed by atoms with Crippen LogP contribution in [-0.2, 0) is 34.2 Å². The van der Waals surface area contributed by atoms with Crippen LogP contribution in [0, 0.1) is 0 Å². The molecule has 31 heavy (non-hydrogen) atoms. The molecular weight excluding hydrogens is 437 g/mol. The average Bonchev–Trinajstić information content (AvgIpc) is 3.01. The maximum atomic E-state index is 12.9. The molecule has 1 saturated heterocycles. The summed E-state index contributed by atoms with van der Waals surface area (Å²) >= 11 is 0. The third-order valence-electron chi connectivity index (χ3n) is 4.96. The Kier molecular flexibility index (Phi) is 6.58. The van der Waals surface area contributed by atoms with Crippen LogP contribution < -0.4 is 4.74 Å². The van der Waals surface area contributed by atoms with E-state index in [0.717, 1.165) is 12.1 Å². The van der Waals surface area contributed by atoms with Crippen molar-refractivity contribution >= 4 is 16.2 Å².